The van der Waals surface area contributed by atoms with Gasteiger partial charge in [0.05, 0.1) is 6.61 Å². The molecule has 0 rings (SSSR count). The molecule has 0 aliphatic carbocycles. The van der Waals surface area contributed by atoms with Crippen molar-refractivity contribution in [3.63, 3.8) is 0 Å². The van der Waals surface area contributed by atoms with Crippen LogP contribution in [0.1, 0.15) is 206 Å². The van der Waals surface area contributed by atoms with Gasteiger partial charge in [-0.05, 0) is 18.6 Å². The van der Waals surface area contributed by atoms with Gasteiger partial charge in [0, 0.05) is 12.2 Å². The summed E-state index contributed by atoms with van der Waals surface area (Å²) in [5, 5.41) is 0. The Kier molecular flexibility index (Phi) is 35.2. The van der Waals surface area contributed by atoms with E-state index in [1.54, 1.807) is 11.8 Å². The highest BCUT2D eigenvalue weighted by atomic mass is 32.2. The first-order valence-electron chi connectivity index (χ1n) is 19.4. The highest BCUT2D eigenvalue weighted by Gasteiger charge is 2.21. The fourth-order valence-electron chi connectivity index (χ4n) is 5.80. The van der Waals surface area contributed by atoms with E-state index in [2.05, 4.69) is 18.4 Å². The molecule has 0 fully saturated rings. The molecule has 0 aromatic carbocycles. The summed E-state index contributed by atoms with van der Waals surface area (Å²) >= 11 is 1.68. The Labute approximate surface area is 284 Å². The van der Waals surface area contributed by atoms with E-state index in [1.165, 1.54) is 161 Å². The van der Waals surface area contributed by atoms with Crippen LogP contribution < -0.4 is 0 Å². The molecule has 0 heterocycles. The fraction of sp³-hybridized carbons (Fsp3) is 0.973. The Morgan fingerprint density at radius 2 is 0.889 bits per heavy atom. The van der Waals surface area contributed by atoms with Crippen LogP contribution in [0.15, 0.2) is 0 Å². The molecule has 270 valence electrons. The summed E-state index contributed by atoms with van der Waals surface area (Å²) in [4.78, 5) is 30.6. The Hall–Kier alpha value is -0.0700. The first kappa shape index (κ1) is 44.9. The monoisotopic (exact) mass is 679 g/mol. The summed E-state index contributed by atoms with van der Waals surface area (Å²) in [6.45, 7) is 4.27. The van der Waals surface area contributed by atoms with Crippen molar-refractivity contribution in [2.45, 2.75) is 213 Å². The lowest BCUT2D eigenvalue weighted by Gasteiger charge is -2.18. The molecule has 0 saturated heterocycles. The van der Waals surface area contributed by atoms with Crippen molar-refractivity contribution in [1.29, 1.82) is 0 Å². The second-order valence-corrected chi connectivity index (χ2v) is 15.7. The van der Waals surface area contributed by atoms with Crippen molar-refractivity contribution >= 4 is 25.6 Å². The first-order chi connectivity index (χ1) is 21.9. The van der Waals surface area contributed by atoms with Crippen LogP contribution >= 0.6 is 19.6 Å². The Morgan fingerprint density at radius 3 is 1.24 bits per heavy atom. The molecule has 0 unspecified atom stereocenters. The third-order valence-corrected chi connectivity index (χ3v) is 10.3. The van der Waals surface area contributed by atoms with E-state index in [0.717, 1.165) is 31.4 Å². The van der Waals surface area contributed by atoms with Gasteiger partial charge < -0.3 is 14.5 Å². The molecule has 1 atom stereocenters. The Bertz CT molecular complexity index is 659. The van der Waals surface area contributed by atoms with Gasteiger partial charge in [0.2, 0.25) is 0 Å². The molecule has 0 aliphatic heterocycles. The topological polar surface area (TPSA) is 93.1 Å². The number of unbranched alkanes of at least 4 members (excludes halogenated alkanes) is 27. The number of phosphoric acid groups is 1. The van der Waals surface area contributed by atoms with Gasteiger partial charge in [-0.2, -0.15) is 11.8 Å². The SMILES string of the molecule is CCCCCCCCCCCCCCCCCCSC[C@@H](COP(=O)(O)O)OC(=O)CCCCCCCCCCCCCCC. The van der Waals surface area contributed by atoms with Crippen molar-refractivity contribution in [2.24, 2.45) is 0 Å². The summed E-state index contributed by atoms with van der Waals surface area (Å²) in [7, 11) is -4.59. The Morgan fingerprint density at radius 1 is 0.556 bits per heavy atom. The van der Waals surface area contributed by atoms with Crippen LogP contribution in [0.4, 0.5) is 0 Å². The average molecular weight is 679 g/mol. The summed E-state index contributed by atoms with van der Waals surface area (Å²) in [5.41, 5.74) is 0. The lowest BCUT2D eigenvalue weighted by molar-refractivity contribution is -0.149. The van der Waals surface area contributed by atoms with Crippen molar-refractivity contribution in [1.82, 2.24) is 0 Å². The highest BCUT2D eigenvalue weighted by Crippen LogP contribution is 2.36. The van der Waals surface area contributed by atoms with Crippen LogP contribution in [0, 0.1) is 0 Å². The van der Waals surface area contributed by atoms with E-state index < -0.39 is 13.9 Å². The molecule has 0 aromatic rings. The molecule has 0 saturated carbocycles. The van der Waals surface area contributed by atoms with E-state index in [4.69, 9.17) is 14.5 Å². The molecule has 0 spiro atoms. The second kappa shape index (κ2) is 35.2. The molecule has 0 amide bonds. The zero-order valence-electron chi connectivity index (χ0n) is 29.8. The van der Waals surface area contributed by atoms with Crippen LogP contribution in [0.5, 0.6) is 0 Å². The maximum Gasteiger partial charge on any atom is 0.469 e. The van der Waals surface area contributed by atoms with Crippen LogP contribution in [-0.2, 0) is 18.6 Å². The molecular formula is C37H75O6PS. The number of hydrogen-bond acceptors (Lipinski definition) is 5. The van der Waals surface area contributed by atoms with Gasteiger partial charge >= 0.3 is 13.8 Å². The van der Waals surface area contributed by atoms with Crippen LogP contribution in [0.3, 0.4) is 0 Å². The molecule has 2 N–H and O–H groups in total. The van der Waals surface area contributed by atoms with Crippen molar-refractivity contribution < 1.29 is 28.4 Å². The van der Waals surface area contributed by atoms with Gasteiger partial charge in [0.15, 0.2) is 0 Å². The lowest BCUT2D eigenvalue weighted by Crippen LogP contribution is -2.25. The summed E-state index contributed by atoms with van der Waals surface area (Å²) in [5.74, 6) is 1.17. The van der Waals surface area contributed by atoms with Gasteiger partial charge in [-0.1, -0.05) is 187 Å². The molecule has 0 bridgehead atoms. The smallest absolute Gasteiger partial charge is 0.459 e. The molecular weight excluding hydrogens is 603 g/mol. The van der Waals surface area contributed by atoms with E-state index in [0.29, 0.717) is 12.2 Å². The van der Waals surface area contributed by atoms with Crippen LogP contribution in [0.2, 0.25) is 0 Å². The fourth-order valence-corrected chi connectivity index (χ4v) is 7.16. The standard InChI is InChI=1S/C37H75O6PS/c1-3-5-7-9-11-13-15-17-18-19-21-23-25-27-29-31-33-45-35-36(34-42-44(39,40)41)43-37(38)32-30-28-26-24-22-20-16-14-12-10-8-6-4-2/h36H,3-35H2,1-2H3,(H2,39,40,41)/t36-/m1/s1. The Balaban J connectivity index is 3.76. The minimum Gasteiger partial charge on any atom is -0.459 e. The molecule has 0 aromatic heterocycles. The first-order valence-corrected chi connectivity index (χ1v) is 22.0. The molecule has 8 heteroatoms. The number of rotatable bonds is 37. The summed E-state index contributed by atoms with van der Waals surface area (Å²) < 4.78 is 21.4. The predicted molar refractivity (Wildman–Crippen MR) is 195 cm³/mol. The predicted octanol–water partition coefficient (Wildman–Crippen LogP) is 12.5. The van der Waals surface area contributed by atoms with Crippen molar-refractivity contribution in [2.75, 3.05) is 18.1 Å². The number of carbonyl (C=O) groups is 1. The average Bonchev–Trinajstić information content (AvgIpc) is 3.01. The largest absolute Gasteiger partial charge is 0.469 e. The number of esters is 1. The molecule has 0 radical (unpaired) electrons. The van der Waals surface area contributed by atoms with E-state index in [-0.39, 0.29) is 12.6 Å². The number of carbonyl (C=O) groups excluding carboxylic acids is 1. The maximum atomic E-state index is 12.4. The number of hydrogen-bond donors (Lipinski definition) is 2. The van der Waals surface area contributed by atoms with Gasteiger partial charge in [-0.3, -0.25) is 9.32 Å². The zero-order chi connectivity index (χ0) is 33.1. The van der Waals surface area contributed by atoms with Crippen molar-refractivity contribution in [3.8, 4) is 0 Å². The van der Waals surface area contributed by atoms with Crippen molar-refractivity contribution in [3.05, 3.63) is 0 Å². The van der Waals surface area contributed by atoms with Gasteiger partial charge in [0.25, 0.3) is 0 Å². The minimum atomic E-state index is -4.59. The van der Waals surface area contributed by atoms with Crippen LogP contribution in [-0.4, -0.2) is 40.0 Å². The number of thioether (sulfide) groups is 1. The molecule has 45 heavy (non-hydrogen) atoms. The second-order valence-electron chi connectivity index (χ2n) is 13.3. The third kappa shape index (κ3) is 38.3. The molecule has 0 aliphatic rings. The minimum absolute atomic E-state index is 0.263. The number of ether oxygens (including phenoxy) is 1. The zero-order valence-corrected chi connectivity index (χ0v) is 31.5. The normalized spacial score (nSPS) is 12.5. The van der Waals surface area contributed by atoms with Gasteiger partial charge in [-0.25, -0.2) is 4.57 Å². The van der Waals surface area contributed by atoms with Crippen LogP contribution in [0.25, 0.3) is 0 Å². The quantitative estimate of drug-likeness (QED) is 0.0384. The lowest BCUT2D eigenvalue weighted by atomic mass is 10.0. The van der Waals surface area contributed by atoms with Gasteiger partial charge in [0.1, 0.15) is 6.10 Å². The summed E-state index contributed by atoms with van der Waals surface area (Å²) in [6.07, 6.45) is 37.6. The van der Waals surface area contributed by atoms with E-state index in [9.17, 15) is 9.36 Å². The number of phosphoric ester groups is 1. The third-order valence-electron chi connectivity index (χ3n) is 8.66. The molecule has 6 nitrogen and oxygen atoms in total. The van der Waals surface area contributed by atoms with Gasteiger partial charge in [-0.15, -0.1) is 0 Å². The maximum absolute atomic E-state index is 12.4. The highest BCUT2D eigenvalue weighted by molar-refractivity contribution is 7.99. The van der Waals surface area contributed by atoms with E-state index >= 15 is 0 Å². The van der Waals surface area contributed by atoms with E-state index in [1.807, 2.05) is 0 Å². The summed E-state index contributed by atoms with van der Waals surface area (Å²) in [6, 6.07) is 0.